The van der Waals surface area contributed by atoms with Gasteiger partial charge in [0.25, 0.3) is 0 Å². The Kier molecular flexibility index (Phi) is 3.66. The second kappa shape index (κ2) is 5.03. The Morgan fingerprint density at radius 3 is 2.82 bits per heavy atom. The topological polar surface area (TPSA) is 75.6 Å². The van der Waals surface area contributed by atoms with Crippen LogP contribution in [0, 0.1) is 0 Å². The molecule has 0 aromatic heterocycles. The molecule has 17 heavy (non-hydrogen) atoms. The SMILES string of the molecule is O=S(=O)(NCC1CCCO1)c1ccccc1O. The number of sulfonamides is 1. The maximum Gasteiger partial charge on any atom is 0.244 e. The lowest BCUT2D eigenvalue weighted by Crippen LogP contribution is -2.31. The van der Waals surface area contributed by atoms with E-state index in [9.17, 15) is 13.5 Å². The maximum absolute atomic E-state index is 11.9. The van der Waals surface area contributed by atoms with E-state index >= 15 is 0 Å². The number of hydrogen-bond acceptors (Lipinski definition) is 4. The van der Waals surface area contributed by atoms with E-state index in [0.717, 1.165) is 12.8 Å². The molecule has 0 radical (unpaired) electrons. The second-order valence-electron chi connectivity index (χ2n) is 3.95. The third-order valence-electron chi connectivity index (χ3n) is 2.68. The van der Waals surface area contributed by atoms with Gasteiger partial charge >= 0.3 is 0 Å². The number of phenolic OH excluding ortho intramolecular Hbond substituents is 1. The minimum absolute atomic E-state index is 0.0596. The van der Waals surface area contributed by atoms with Crippen LogP contribution in [0.3, 0.4) is 0 Å². The van der Waals surface area contributed by atoms with Crippen LogP contribution in [0.5, 0.6) is 5.75 Å². The first-order valence-corrected chi connectivity index (χ1v) is 6.97. The molecule has 0 bridgehead atoms. The molecule has 1 heterocycles. The molecule has 0 aliphatic carbocycles. The first-order chi connectivity index (χ1) is 8.09. The van der Waals surface area contributed by atoms with E-state index < -0.39 is 10.0 Å². The Balaban J connectivity index is 2.06. The highest BCUT2D eigenvalue weighted by molar-refractivity contribution is 7.89. The molecular weight excluding hydrogens is 242 g/mol. The molecule has 1 atom stereocenters. The van der Waals surface area contributed by atoms with Crippen LogP contribution in [-0.4, -0.2) is 32.8 Å². The van der Waals surface area contributed by atoms with Crippen LogP contribution in [0.25, 0.3) is 0 Å². The molecule has 1 aliphatic rings. The summed E-state index contributed by atoms with van der Waals surface area (Å²) in [5.41, 5.74) is 0. The molecule has 5 nitrogen and oxygen atoms in total. The standard InChI is InChI=1S/C11H15NO4S/c13-10-5-1-2-6-11(10)17(14,15)12-8-9-4-3-7-16-9/h1-2,5-6,9,12-13H,3-4,7-8H2. The number of hydrogen-bond donors (Lipinski definition) is 2. The Morgan fingerprint density at radius 2 is 2.18 bits per heavy atom. The third-order valence-corrected chi connectivity index (χ3v) is 4.15. The summed E-state index contributed by atoms with van der Waals surface area (Å²) < 4.78 is 31.5. The van der Waals surface area contributed by atoms with Crippen molar-refractivity contribution in [2.45, 2.75) is 23.8 Å². The molecule has 1 unspecified atom stereocenters. The highest BCUT2D eigenvalue weighted by Gasteiger charge is 2.21. The lowest BCUT2D eigenvalue weighted by Gasteiger charge is -2.11. The van der Waals surface area contributed by atoms with Crippen molar-refractivity contribution in [3.63, 3.8) is 0 Å². The number of para-hydroxylation sites is 1. The zero-order valence-electron chi connectivity index (χ0n) is 9.30. The fraction of sp³-hybridized carbons (Fsp3) is 0.455. The molecule has 1 saturated heterocycles. The van der Waals surface area contributed by atoms with Crippen molar-refractivity contribution in [1.29, 1.82) is 0 Å². The summed E-state index contributed by atoms with van der Waals surface area (Å²) in [6.07, 6.45) is 1.77. The fourth-order valence-corrected chi connectivity index (χ4v) is 2.93. The zero-order chi connectivity index (χ0) is 12.3. The number of ether oxygens (including phenoxy) is 1. The van der Waals surface area contributed by atoms with E-state index in [0.29, 0.717) is 6.61 Å². The van der Waals surface area contributed by atoms with Crippen LogP contribution in [0.15, 0.2) is 29.2 Å². The van der Waals surface area contributed by atoms with Gasteiger partial charge in [-0.2, -0.15) is 0 Å². The summed E-state index contributed by atoms with van der Waals surface area (Å²) in [5.74, 6) is -0.243. The van der Waals surface area contributed by atoms with Crippen molar-refractivity contribution in [2.24, 2.45) is 0 Å². The Hall–Kier alpha value is -1.11. The number of benzene rings is 1. The quantitative estimate of drug-likeness (QED) is 0.838. The Morgan fingerprint density at radius 1 is 1.41 bits per heavy atom. The monoisotopic (exact) mass is 257 g/mol. The van der Waals surface area contributed by atoms with Crippen LogP contribution in [0.4, 0.5) is 0 Å². The largest absolute Gasteiger partial charge is 0.507 e. The predicted octanol–water partition coefficient (Wildman–Crippen LogP) is 0.849. The van der Waals surface area contributed by atoms with Gasteiger partial charge in [0, 0.05) is 13.2 Å². The van der Waals surface area contributed by atoms with Crippen LogP contribution in [-0.2, 0) is 14.8 Å². The number of phenols is 1. The minimum atomic E-state index is -3.66. The first-order valence-electron chi connectivity index (χ1n) is 5.49. The first kappa shape index (κ1) is 12.3. The normalized spacial score (nSPS) is 20.6. The van der Waals surface area contributed by atoms with E-state index in [1.165, 1.54) is 12.1 Å². The maximum atomic E-state index is 11.9. The van der Waals surface area contributed by atoms with Gasteiger partial charge in [-0.15, -0.1) is 0 Å². The summed E-state index contributed by atoms with van der Waals surface area (Å²) in [6, 6.07) is 5.86. The van der Waals surface area contributed by atoms with Gasteiger partial charge in [0.15, 0.2) is 0 Å². The van der Waals surface area contributed by atoms with Crippen molar-refractivity contribution in [3.8, 4) is 5.75 Å². The van der Waals surface area contributed by atoms with Crippen molar-refractivity contribution >= 4 is 10.0 Å². The molecule has 2 rings (SSSR count). The highest BCUT2D eigenvalue weighted by atomic mass is 32.2. The van der Waals surface area contributed by atoms with Crippen LogP contribution in [0.2, 0.25) is 0 Å². The van der Waals surface area contributed by atoms with Crippen molar-refractivity contribution in [3.05, 3.63) is 24.3 Å². The predicted molar refractivity (Wildman–Crippen MR) is 62.3 cm³/mol. The molecule has 1 aromatic rings. The smallest absolute Gasteiger partial charge is 0.244 e. The molecule has 6 heteroatoms. The molecule has 0 saturated carbocycles. The molecule has 2 N–H and O–H groups in total. The molecule has 0 spiro atoms. The van der Waals surface area contributed by atoms with Crippen molar-refractivity contribution in [2.75, 3.05) is 13.2 Å². The van der Waals surface area contributed by atoms with Crippen LogP contribution in [0.1, 0.15) is 12.8 Å². The van der Waals surface area contributed by atoms with Gasteiger partial charge in [-0.1, -0.05) is 12.1 Å². The average molecular weight is 257 g/mol. The van der Waals surface area contributed by atoms with Crippen molar-refractivity contribution in [1.82, 2.24) is 4.72 Å². The Labute approximate surface area is 100 Å². The molecule has 1 aromatic carbocycles. The van der Waals surface area contributed by atoms with Crippen molar-refractivity contribution < 1.29 is 18.3 Å². The number of aromatic hydroxyl groups is 1. The van der Waals surface area contributed by atoms with Gasteiger partial charge in [0.05, 0.1) is 6.10 Å². The van der Waals surface area contributed by atoms with E-state index in [2.05, 4.69) is 4.72 Å². The second-order valence-corrected chi connectivity index (χ2v) is 5.69. The molecular formula is C11H15NO4S. The summed E-state index contributed by atoms with van der Waals surface area (Å²) in [5, 5.41) is 9.49. The molecule has 94 valence electrons. The van der Waals surface area contributed by atoms with Gasteiger partial charge in [0.2, 0.25) is 10.0 Å². The lowest BCUT2D eigenvalue weighted by molar-refractivity contribution is 0.114. The average Bonchev–Trinajstić information content (AvgIpc) is 2.80. The van der Waals surface area contributed by atoms with E-state index in [4.69, 9.17) is 4.74 Å². The third kappa shape index (κ3) is 2.96. The summed E-state index contributed by atoms with van der Waals surface area (Å²) in [4.78, 5) is -0.0991. The van der Waals surface area contributed by atoms with E-state index in [1.807, 2.05) is 0 Å². The molecule has 1 aliphatic heterocycles. The minimum Gasteiger partial charge on any atom is -0.507 e. The Bertz CT molecular complexity index is 480. The molecule has 1 fully saturated rings. The zero-order valence-corrected chi connectivity index (χ0v) is 10.1. The lowest BCUT2D eigenvalue weighted by atomic mass is 10.2. The van der Waals surface area contributed by atoms with Gasteiger partial charge in [-0.05, 0) is 25.0 Å². The van der Waals surface area contributed by atoms with Gasteiger partial charge < -0.3 is 9.84 Å². The fourth-order valence-electron chi connectivity index (χ4n) is 1.77. The van der Waals surface area contributed by atoms with Gasteiger partial charge in [-0.3, -0.25) is 0 Å². The van der Waals surface area contributed by atoms with E-state index in [-0.39, 0.29) is 23.3 Å². The number of rotatable bonds is 4. The summed E-state index contributed by atoms with van der Waals surface area (Å²) in [6.45, 7) is 0.930. The van der Waals surface area contributed by atoms with Crippen LogP contribution < -0.4 is 4.72 Å². The summed E-state index contributed by atoms with van der Waals surface area (Å²) >= 11 is 0. The van der Waals surface area contributed by atoms with Gasteiger partial charge in [-0.25, -0.2) is 13.1 Å². The van der Waals surface area contributed by atoms with Gasteiger partial charge in [0.1, 0.15) is 10.6 Å². The number of nitrogens with one attached hydrogen (secondary N) is 1. The molecule has 0 amide bonds. The highest BCUT2D eigenvalue weighted by Crippen LogP contribution is 2.21. The van der Waals surface area contributed by atoms with E-state index in [1.54, 1.807) is 12.1 Å². The van der Waals surface area contributed by atoms with Crippen LogP contribution >= 0.6 is 0 Å². The summed E-state index contributed by atoms with van der Waals surface area (Å²) in [7, 11) is -3.66.